The Kier molecular flexibility index (Phi) is 6.16. The Balaban J connectivity index is 1.23. The van der Waals surface area contributed by atoms with Crippen LogP contribution in [-0.2, 0) is 14.9 Å². The Morgan fingerprint density at radius 3 is 2.38 bits per heavy atom. The number of ether oxygens (including phenoxy) is 2. The molecule has 0 atom stereocenters. The molecule has 39 heavy (non-hydrogen) atoms. The van der Waals surface area contributed by atoms with Crippen LogP contribution in [-0.4, -0.2) is 59.6 Å². The van der Waals surface area contributed by atoms with E-state index in [-0.39, 0.29) is 17.1 Å². The summed E-state index contributed by atoms with van der Waals surface area (Å²) in [6.45, 7) is 2.64. The fourth-order valence-corrected chi connectivity index (χ4v) is 9.03. The Labute approximate surface area is 232 Å². The van der Waals surface area contributed by atoms with Crippen LogP contribution in [0.1, 0.15) is 49.7 Å². The Morgan fingerprint density at radius 1 is 1.03 bits per heavy atom. The minimum atomic E-state index is -0.306. The van der Waals surface area contributed by atoms with Gasteiger partial charge in [0.2, 0.25) is 0 Å². The summed E-state index contributed by atoms with van der Waals surface area (Å²) in [5.74, 6) is 2.73. The zero-order chi connectivity index (χ0) is 26.7. The molecule has 2 N–H and O–H groups in total. The van der Waals surface area contributed by atoms with E-state index in [9.17, 15) is 15.0 Å². The number of carbonyl (C=O) groups is 1. The third-order valence-corrected chi connectivity index (χ3v) is 10.5. The number of nitrogens with zero attached hydrogens (tertiary/aromatic N) is 2. The molecule has 8 heteroatoms. The highest BCUT2D eigenvalue weighted by molar-refractivity contribution is 8.18. The zero-order valence-electron chi connectivity index (χ0n) is 22.2. The van der Waals surface area contributed by atoms with Crippen molar-refractivity contribution in [1.29, 1.82) is 0 Å². The quantitative estimate of drug-likeness (QED) is 0.486. The van der Waals surface area contributed by atoms with Gasteiger partial charge in [-0.15, -0.1) is 0 Å². The van der Waals surface area contributed by atoms with Crippen LogP contribution in [0.2, 0.25) is 0 Å². The molecular formula is C31H34N2O5S. The van der Waals surface area contributed by atoms with Crippen molar-refractivity contribution in [2.75, 3.05) is 33.4 Å². The molecule has 0 unspecified atom stereocenters. The van der Waals surface area contributed by atoms with Crippen molar-refractivity contribution in [2.24, 2.45) is 22.7 Å². The predicted molar refractivity (Wildman–Crippen MR) is 152 cm³/mol. The number of aromatic hydroxyl groups is 2. The van der Waals surface area contributed by atoms with Gasteiger partial charge in [-0.2, -0.15) is 4.99 Å². The highest BCUT2D eigenvalue weighted by Crippen LogP contribution is 2.62. The monoisotopic (exact) mass is 546 g/mol. The van der Waals surface area contributed by atoms with Crippen LogP contribution in [0, 0.1) is 17.8 Å². The molecule has 2 aliphatic heterocycles. The van der Waals surface area contributed by atoms with E-state index >= 15 is 0 Å². The Bertz CT molecular complexity index is 1360. The van der Waals surface area contributed by atoms with Crippen molar-refractivity contribution in [1.82, 2.24) is 4.90 Å². The molecule has 1 saturated heterocycles. The number of morpholine rings is 1. The smallest absolute Gasteiger partial charge is 0.286 e. The molecule has 0 aromatic heterocycles. The van der Waals surface area contributed by atoms with Crippen LogP contribution < -0.4 is 4.74 Å². The second-order valence-corrected chi connectivity index (χ2v) is 13.0. The lowest BCUT2D eigenvalue weighted by atomic mass is 9.48. The molecule has 2 aromatic rings. The highest BCUT2D eigenvalue weighted by Gasteiger charge is 2.52. The molecule has 2 heterocycles. The fourth-order valence-electron chi connectivity index (χ4n) is 8.07. The number of methoxy groups -OCH3 is 1. The average Bonchev–Trinajstić information content (AvgIpc) is 3.29. The van der Waals surface area contributed by atoms with E-state index < -0.39 is 0 Å². The van der Waals surface area contributed by atoms with Crippen molar-refractivity contribution >= 4 is 28.9 Å². The van der Waals surface area contributed by atoms with Crippen molar-refractivity contribution in [3.05, 3.63) is 46.4 Å². The topological polar surface area (TPSA) is 91.6 Å². The fraction of sp³-hybridized carbons (Fsp3) is 0.484. The summed E-state index contributed by atoms with van der Waals surface area (Å²) in [4.78, 5) is 19.5. The Hall–Kier alpha value is -2.97. The number of amidine groups is 1. The maximum atomic E-state index is 12.8. The molecule has 4 saturated carbocycles. The maximum absolute atomic E-state index is 12.8. The molecule has 5 fully saturated rings. The molecule has 2 aromatic carbocycles. The molecule has 1 amide bonds. The lowest BCUT2D eigenvalue weighted by Crippen LogP contribution is -2.48. The van der Waals surface area contributed by atoms with Crippen molar-refractivity contribution < 1.29 is 24.5 Å². The molecule has 8 rings (SSSR count). The lowest BCUT2D eigenvalue weighted by Gasteiger charge is -2.57. The van der Waals surface area contributed by atoms with Gasteiger partial charge in [-0.05, 0) is 115 Å². The summed E-state index contributed by atoms with van der Waals surface area (Å²) in [6, 6.07) is 9.62. The Morgan fingerprint density at radius 2 is 1.72 bits per heavy atom. The number of aliphatic imine (C=N–C) groups is 1. The van der Waals surface area contributed by atoms with Gasteiger partial charge in [0.05, 0.1) is 25.2 Å². The van der Waals surface area contributed by atoms with E-state index in [1.54, 1.807) is 6.08 Å². The SMILES string of the molecule is COc1cc(-c2ccc(O)c(C34CC5CC(CC(C5)C3)C4)c2)cc(C=C2SC(N3CCOCC3)=NC2=O)c1O. The number of amides is 1. The van der Waals surface area contributed by atoms with Gasteiger partial charge in [-0.1, -0.05) is 6.07 Å². The third-order valence-electron chi connectivity index (χ3n) is 9.44. The molecule has 0 radical (unpaired) electrons. The van der Waals surface area contributed by atoms with E-state index in [1.165, 1.54) is 38.1 Å². The minimum absolute atomic E-state index is 0.0120. The second kappa shape index (κ2) is 9.59. The van der Waals surface area contributed by atoms with E-state index in [0.717, 1.165) is 53.7 Å². The molecular weight excluding hydrogens is 512 g/mol. The zero-order valence-corrected chi connectivity index (χ0v) is 23.0. The third kappa shape index (κ3) is 4.42. The number of thioether (sulfide) groups is 1. The highest BCUT2D eigenvalue weighted by atomic mass is 32.2. The van der Waals surface area contributed by atoms with Crippen LogP contribution in [0.3, 0.4) is 0 Å². The van der Waals surface area contributed by atoms with Crippen LogP contribution in [0.25, 0.3) is 17.2 Å². The van der Waals surface area contributed by atoms with Crippen LogP contribution in [0.15, 0.2) is 40.2 Å². The van der Waals surface area contributed by atoms with Gasteiger partial charge in [0.1, 0.15) is 5.75 Å². The number of hydrogen-bond donors (Lipinski definition) is 2. The van der Waals surface area contributed by atoms with Crippen LogP contribution in [0.5, 0.6) is 17.2 Å². The molecule has 6 aliphatic rings. The standard InChI is InChI=1S/C31H34N2O5S/c1-37-26-13-22(11-23(28(26)35)14-27-29(36)32-30(39-27)33-4-6-38-7-5-33)21-2-3-25(34)24(12-21)31-15-18-8-19(16-31)10-20(9-18)17-31/h2-3,11-14,18-20,34-35H,4-10,15-17H2,1H3. The van der Waals surface area contributed by atoms with Crippen LogP contribution in [0.4, 0.5) is 0 Å². The molecule has 0 spiro atoms. The number of carbonyl (C=O) groups excluding carboxylic acids is 1. The summed E-state index contributed by atoms with van der Waals surface area (Å²) in [6.07, 6.45) is 9.23. The molecule has 4 aliphatic carbocycles. The molecule has 4 bridgehead atoms. The van der Waals surface area contributed by atoms with Gasteiger partial charge in [-0.25, -0.2) is 0 Å². The van der Waals surface area contributed by atoms with Gasteiger partial charge in [0.25, 0.3) is 5.91 Å². The summed E-state index contributed by atoms with van der Waals surface area (Å²) < 4.78 is 11.0. The minimum Gasteiger partial charge on any atom is -0.508 e. The lowest BCUT2D eigenvalue weighted by molar-refractivity contribution is -0.113. The van der Waals surface area contributed by atoms with Gasteiger partial charge in [-0.3, -0.25) is 4.79 Å². The number of phenolic OH excluding ortho intramolecular Hbond substituents is 2. The first-order valence-corrected chi connectivity index (χ1v) is 14.8. The summed E-state index contributed by atoms with van der Waals surface area (Å²) >= 11 is 1.33. The van der Waals surface area contributed by atoms with Gasteiger partial charge in [0, 0.05) is 24.2 Å². The maximum Gasteiger partial charge on any atom is 0.286 e. The summed E-state index contributed by atoms with van der Waals surface area (Å²) in [5.41, 5.74) is 3.46. The van der Waals surface area contributed by atoms with E-state index in [4.69, 9.17) is 9.47 Å². The van der Waals surface area contributed by atoms with Gasteiger partial charge >= 0.3 is 0 Å². The number of phenols is 2. The average molecular weight is 547 g/mol. The summed E-state index contributed by atoms with van der Waals surface area (Å²) in [7, 11) is 1.53. The van der Waals surface area contributed by atoms with Gasteiger partial charge < -0.3 is 24.6 Å². The number of hydrogen-bond acceptors (Lipinski definition) is 7. The summed E-state index contributed by atoms with van der Waals surface area (Å²) in [5, 5.41) is 22.7. The molecule has 7 nitrogen and oxygen atoms in total. The normalized spacial score (nSPS) is 30.7. The number of rotatable bonds is 4. The first-order valence-electron chi connectivity index (χ1n) is 14.0. The first-order chi connectivity index (χ1) is 18.9. The van der Waals surface area contributed by atoms with Crippen LogP contribution >= 0.6 is 11.8 Å². The van der Waals surface area contributed by atoms with Crippen molar-refractivity contribution in [3.8, 4) is 28.4 Å². The molecule has 204 valence electrons. The largest absolute Gasteiger partial charge is 0.508 e. The van der Waals surface area contributed by atoms with E-state index in [2.05, 4.69) is 16.0 Å². The number of benzene rings is 2. The van der Waals surface area contributed by atoms with E-state index in [0.29, 0.717) is 53.4 Å². The second-order valence-electron chi connectivity index (χ2n) is 12.0. The van der Waals surface area contributed by atoms with Gasteiger partial charge in [0.15, 0.2) is 16.7 Å². The first kappa shape index (κ1) is 25.0. The van der Waals surface area contributed by atoms with E-state index in [1.807, 2.05) is 24.3 Å². The van der Waals surface area contributed by atoms with Crippen molar-refractivity contribution in [2.45, 2.75) is 43.9 Å². The predicted octanol–water partition coefficient (Wildman–Crippen LogP) is 5.54. The van der Waals surface area contributed by atoms with Crippen molar-refractivity contribution in [3.63, 3.8) is 0 Å².